The van der Waals surface area contributed by atoms with E-state index in [9.17, 15) is 13.2 Å². The van der Waals surface area contributed by atoms with Gasteiger partial charge in [-0.05, 0) is 59.9 Å². The third-order valence-corrected chi connectivity index (χ3v) is 7.02. The zero-order chi connectivity index (χ0) is 19.4. The summed E-state index contributed by atoms with van der Waals surface area (Å²) in [5, 5.41) is 0. The molecule has 1 heterocycles. The normalized spacial score (nSPS) is 29.9. The number of halogens is 3. The standard InChI is InChI=1S/C23H25F3N2/c24-23(25,26)19-8-6-18(7-9-19)22-14-21(15-22,16-22)17-27-10-12-28(13-11-27)20-4-2-1-3-5-20/h1-9H,10-17H2. The molecule has 0 amide bonds. The molecule has 0 aromatic heterocycles. The van der Waals surface area contributed by atoms with Gasteiger partial charge >= 0.3 is 6.18 Å². The topological polar surface area (TPSA) is 6.48 Å². The molecule has 2 bridgehead atoms. The van der Waals surface area contributed by atoms with Crippen molar-refractivity contribution in [1.82, 2.24) is 4.90 Å². The minimum atomic E-state index is -4.25. The van der Waals surface area contributed by atoms with Gasteiger partial charge in [0.15, 0.2) is 0 Å². The maximum Gasteiger partial charge on any atom is 0.416 e. The summed E-state index contributed by atoms with van der Waals surface area (Å²) in [4.78, 5) is 5.03. The zero-order valence-electron chi connectivity index (χ0n) is 15.9. The van der Waals surface area contributed by atoms with E-state index in [-0.39, 0.29) is 5.41 Å². The quantitative estimate of drug-likeness (QED) is 0.734. The Morgan fingerprint density at radius 1 is 0.786 bits per heavy atom. The van der Waals surface area contributed by atoms with Gasteiger partial charge in [-0.3, -0.25) is 4.90 Å². The molecule has 0 N–H and O–H groups in total. The SMILES string of the molecule is FC(F)(F)c1ccc(C23CC(CN4CCN(c5ccccc5)CC4)(C2)C3)cc1. The highest BCUT2D eigenvalue weighted by molar-refractivity contribution is 5.46. The molecular formula is C23H25F3N2. The molecule has 2 nitrogen and oxygen atoms in total. The van der Waals surface area contributed by atoms with Crippen LogP contribution < -0.4 is 4.90 Å². The summed E-state index contributed by atoms with van der Waals surface area (Å²) >= 11 is 0. The van der Waals surface area contributed by atoms with E-state index in [0.29, 0.717) is 5.41 Å². The summed E-state index contributed by atoms with van der Waals surface area (Å²) in [6.07, 6.45) is -0.861. The van der Waals surface area contributed by atoms with Gasteiger partial charge in [0.2, 0.25) is 0 Å². The Morgan fingerprint density at radius 2 is 1.39 bits per heavy atom. The highest BCUT2D eigenvalue weighted by Gasteiger charge is 2.68. The lowest BCUT2D eigenvalue weighted by Crippen LogP contribution is -2.68. The monoisotopic (exact) mass is 386 g/mol. The van der Waals surface area contributed by atoms with Crippen molar-refractivity contribution in [3.05, 3.63) is 65.7 Å². The Bertz CT molecular complexity index is 817. The van der Waals surface area contributed by atoms with Crippen molar-refractivity contribution in [2.45, 2.75) is 30.9 Å². The van der Waals surface area contributed by atoms with Gasteiger partial charge in [0.05, 0.1) is 5.56 Å². The Labute approximate surface area is 164 Å². The molecule has 3 saturated carbocycles. The van der Waals surface area contributed by atoms with Crippen LogP contribution in [0.3, 0.4) is 0 Å². The number of anilines is 1. The summed E-state index contributed by atoms with van der Waals surface area (Å²) in [5.41, 5.74) is 2.40. The Hall–Kier alpha value is -2.01. The maximum atomic E-state index is 12.8. The van der Waals surface area contributed by atoms with E-state index >= 15 is 0 Å². The lowest BCUT2D eigenvalue weighted by Gasteiger charge is -2.72. The van der Waals surface area contributed by atoms with Crippen molar-refractivity contribution in [1.29, 1.82) is 0 Å². The molecule has 5 heteroatoms. The summed E-state index contributed by atoms with van der Waals surface area (Å²) in [6, 6.07) is 16.4. The molecular weight excluding hydrogens is 361 g/mol. The summed E-state index contributed by atoms with van der Waals surface area (Å²) in [7, 11) is 0. The van der Waals surface area contributed by atoms with Crippen molar-refractivity contribution in [3.63, 3.8) is 0 Å². The number of alkyl halides is 3. The van der Waals surface area contributed by atoms with E-state index < -0.39 is 11.7 Å². The Morgan fingerprint density at radius 3 is 1.96 bits per heavy atom. The number of benzene rings is 2. The number of hydrogen-bond acceptors (Lipinski definition) is 2. The summed E-state index contributed by atoms with van der Waals surface area (Å²) in [6.45, 7) is 5.43. The highest BCUT2D eigenvalue weighted by atomic mass is 19.4. The maximum absolute atomic E-state index is 12.8. The van der Waals surface area contributed by atoms with Gasteiger partial charge in [0.25, 0.3) is 0 Å². The largest absolute Gasteiger partial charge is 0.416 e. The van der Waals surface area contributed by atoms with Crippen LogP contribution in [0.4, 0.5) is 18.9 Å². The minimum absolute atomic E-state index is 0.149. The molecule has 1 saturated heterocycles. The van der Waals surface area contributed by atoms with E-state index in [1.54, 1.807) is 12.1 Å². The molecule has 6 rings (SSSR count). The third-order valence-electron chi connectivity index (χ3n) is 7.02. The highest BCUT2D eigenvalue weighted by Crippen LogP contribution is 2.73. The van der Waals surface area contributed by atoms with Gasteiger partial charge in [-0.2, -0.15) is 13.2 Å². The fraction of sp³-hybridized carbons (Fsp3) is 0.478. The predicted molar refractivity (Wildman–Crippen MR) is 105 cm³/mol. The second-order valence-electron chi connectivity index (χ2n) is 8.98. The van der Waals surface area contributed by atoms with Crippen LogP contribution in [0.2, 0.25) is 0 Å². The second-order valence-corrected chi connectivity index (χ2v) is 8.98. The van der Waals surface area contributed by atoms with E-state index in [0.717, 1.165) is 57.5 Å². The Kier molecular flexibility index (Phi) is 4.02. The van der Waals surface area contributed by atoms with Crippen molar-refractivity contribution < 1.29 is 13.2 Å². The fourth-order valence-electron chi connectivity index (χ4n) is 5.76. The molecule has 1 aliphatic heterocycles. The smallest absolute Gasteiger partial charge is 0.369 e. The lowest BCUT2D eigenvalue weighted by atomic mass is 9.33. The van der Waals surface area contributed by atoms with Gasteiger partial charge in [-0.15, -0.1) is 0 Å². The fourth-order valence-corrected chi connectivity index (χ4v) is 5.76. The zero-order valence-corrected chi connectivity index (χ0v) is 15.9. The minimum Gasteiger partial charge on any atom is -0.369 e. The molecule has 0 unspecified atom stereocenters. The van der Waals surface area contributed by atoms with Gasteiger partial charge in [0.1, 0.15) is 0 Å². The second kappa shape index (κ2) is 6.24. The molecule has 3 aliphatic carbocycles. The van der Waals surface area contributed by atoms with Crippen LogP contribution >= 0.6 is 0 Å². The van der Waals surface area contributed by atoms with Crippen LogP contribution in [0, 0.1) is 5.41 Å². The molecule has 0 radical (unpaired) electrons. The molecule has 0 spiro atoms. The van der Waals surface area contributed by atoms with Crippen molar-refractivity contribution in [2.24, 2.45) is 5.41 Å². The molecule has 28 heavy (non-hydrogen) atoms. The molecule has 2 aromatic carbocycles. The first-order valence-electron chi connectivity index (χ1n) is 10.1. The third kappa shape index (κ3) is 3.00. The first-order chi connectivity index (χ1) is 13.4. The van der Waals surface area contributed by atoms with Crippen LogP contribution in [-0.4, -0.2) is 37.6 Å². The van der Waals surface area contributed by atoms with Gasteiger partial charge < -0.3 is 4.90 Å². The van der Waals surface area contributed by atoms with Crippen LogP contribution in [0.5, 0.6) is 0 Å². The van der Waals surface area contributed by atoms with Crippen LogP contribution in [0.15, 0.2) is 54.6 Å². The number of para-hydroxylation sites is 1. The number of nitrogens with zero attached hydrogens (tertiary/aromatic N) is 2. The van der Waals surface area contributed by atoms with Crippen LogP contribution in [0.25, 0.3) is 0 Å². The van der Waals surface area contributed by atoms with E-state index in [2.05, 4.69) is 40.1 Å². The van der Waals surface area contributed by atoms with Gasteiger partial charge in [0, 0.05) is 38.4 Å². The Balaban J connectivity index is 1.14. The lowest BCUT2D eigenvalue weighted by molar-refractivity contribution is -0.156. The van der Waals surface area contributed by atoms with Crippen molar-refractivity contribution >= 4 is 5.69 Å². The average molecular weight is 386 g/mol. The van der Waals surface area contributed by atoms with E-state index in [1.165, 1.54) is 17.8 Å². The predicted octanol–water partition coefficient (Wildman–Crippen LogP) is 4.95. The van der Waals surface area contributed by atoms with E-state index in [1.807, 2.05) is 0 Å². The summed E-state index contributed by atoms with van der Waals surface area (Å²) < 4.78 is 38.3. The summed E-state index contributed by atoms with van der Waals surface area (Å²) in [5.74, 6) is 0. The molecule has 148 valence electrons. The van der Waals surface area contributed by atoms with Crippen molar-refractivity contribution in [2.75, 3.05) is 37.6 Å². The van der Waals surface area contributed by atoms with Crippen LogP contribution in [0.1, 0.15) is 30.4 Å². The molecule has 0 atom stereocenters. The molecule has 4 aliphatic rings. The number of rotatable bonds is 4. The van der Waals surface area contributed by atoms with E-state index in [4.69, 9.17) is 0 Å². The number of hydrogen-bond donors (Lipinski definition) is 0. The molecule has 2 aromatic rings. The number of piperazine rings is 1. The van der Waals surface area contributed by atoms with Gasteiger partial charge in [-0.25, -0.2) is 0 Å². The molecule has 4 fully saturated rings. The van der Waals surface area contributed by atoms with Crippen molar-refractivity contribution in [3.8, 4) is 0 Å². The van der Waals surface area contributed by atoms with Crippen LogP contribution in [-0.2, 0) is 11.6 Å². The average Bonchev–Trinajstić information content (AvgIpc) is 2.64. The first kappa shape index (κ1) is 18.0. The first-order valence-corrected chi connectivity index (χ1v) is 10.1. The van der Waals surface area contributed by atoms with Gasteiger partial charge in [-0.1, -0.05) is 30.3 Å².